The molecule has 0 amide bonds. The van der Waals surface area contributed by atoms with Gasteiger partial charge in [0.1, 0.15) is 5.78 Å². The maximum Gasteiger partial charge on any atom is 0.142 e. The van der Waals surface area contributed by atoms with Gasteiger partial charge in [-0.05, 0) is 24.5 Å². The molecule has 1 aliphatic carbocycles. The van der Waals surface area contributed by atoms with Crippen LogP contribution in [0.15, 0.2) is 24.3 Å². The van der Waals surface area contributed by atoms with E-state index >= 15 is 0 Å². The standard InChI is InChI=1S/C14H16INO/c15-16-12-7-3-1-5-10(12)9-14(17)11-6-2-4-8-13(11)16/h1,3,5,7,11,13H,2,4,6,8-9H2. The van der Waals surface area contributed by atoms with Crippen LogP contribution in [0.2, 0.25) is 0 Å². The molecule has 17 heavy (non-hydrogen) atoms. The molecule has 1 saturated carbocycles. The summed E-state index contributed by atoms with van der Waals surface area (Å²) < 4.78 is 2.32. The first kappa shape index (κ1) is 11.5. The first-order valence-corrected chi connectivity index (χ1v) is 7.29. The molecular weight excluding hydrogens is 325 g/mol. The smallest absolute Gasteiger partial charge is 0.142 e. The number of benzene rings is 1. The number of fused-ring (bicyclic) bond motifs is 2. The predicted octanol–water partition coefficient (Wildman–Crippen LogP) is 3.53. The lowest BCUT2D eigenvalue weighted by molar-refractivity contribution is -0.123. The van der Waals surface area contributed by atoms with Crippen LogP contribution in [0.3, 0.4) is 0 Å². The van der Waals surface area contributed by atoms with Crippen LogP contribution in [0.5, 0.6) is 0 Å². The molecule has 2 nitrogen and oxygen atoms in total. The molecular formula is C14H16INO. The van der Waals surface area contributed by atoms with Crippen molar-refractivity contribution >= 4 is 34.3 Å². The molecule has 0 spiro atoms. The molecule has 3 heteroatoms. The van der Waals surface area contributed by atoms with Gasteiger partial charge >= 0.3 is 0 Å². The lowest BCUT2D eigenvalue weighted by Crippen LogP contribution is -2.39. The zero-order valence-electron chi connectivity index (χ0n) is 9.73. The molecule has 0 bridgehead atoms. The van der Waals surface area contributed by atoms with Gasteiger partial charge in [0.15, 0.2) is 0 Å². The molecule has 0 aromatic heterocycles. The number of rotatable bonds is 0. The van der Waals surface area contributed by atoms with Crippen molar-refractivity contribution in [3.05, 3.63) is 29.8 Å². The predicted molar refractivity (Wildman–Crippen MR) is 77.4 cm³/mol. The van der Waals surface area contributed by atoms with Gasteiger partial charge in [-0.15, -0.1) is 0 Å². The number of carbonyl (C=O) groups excluding carboxylic acids is 1. The number of carbonyl (C=O) groups is 1. The van der Waals surface area contributed by atoms with Crippen LogP contribution in [-0.4, -0.2) is 11.8 Å². The van der Waals surface area contributed by atoms with E-state index in [-0.39, 0.29) is 5.92 Å². The third-order valence-corrected chi connectivity index (χ3v) is 5.26. The molecule has 1 aromatic carbocycles. The molecule has 90 valence electrons. The van der Waals surface area contributed by atoms with Gasteiger partial charge in [0.2, 0.25) is 0 Å². The highest BCUT2D eigenvalue weighted by atomic mass is 127. The summed E-state index contributed by atoms with van der Waals surface area (Å²) in [4.78, 5) is 12.3. The van der Waals surface area contributed by atoms with Crippen LogP contribution in [0.4, 0.5) is 5.69 Å². The van der Waals surface area contributed by atoms with E-state index in [0.29, 0.717) is 18.2 Å². The van der Waals surface area contributed by atoms with Gasteiger partial charge in [0, 0.05) is 24.1 Å². The second kappa shape index (κ2) is 4.59. The van der Waals surface area contributed by atoms with Gasteiger partial charge < -0.3 is 3.11 Å². The Morgan fingerprint density at radius 3 is 2.82 bits per heavy atom. The van der Waals surface area contributed by atoms with Gasteiger partial charge in [-0.25, -0.2) is 0 Å². The van der Waals surface area contributed by atoms with Crippen LogP contribution < -0.4 is 3.11 Å². The third kappa shape index (κ3) is 1.98. The fraction of sp³-hybridized carbons (Fsp3) is 0.500. The first-order chi connectivity index (χ1) is 8.27. The van der Waals surface area contributed by atoms with Crippen LogP contribution in [0, 0.1) is 5.92 Å². The number of Topliss-reactive ketones (excluding diaryl/α,β-unsaturated/α-hetero) is 1. The maximum absolute atomic E-state index is 12.3. The molecule has 2 aliphatic rings. The summed E-state index contributed by atoms with van der Waals surface area (Å²) in [5.41, 5.74) is 2.44. The molecule has 2 atom stereocenters. The minimum atomic E-state index is 0.257. The number of hydrogen-bond acceptors (Lipinski definition) is 2. The van der Waals surface area contributed by atoms with Crippen molar-refractivity contribution in [1.82, 2.24) is 0 Å². The van der Waals surface area contributed by atoms with Crippen molar-refractivity contribution in [2.75, 3.05) is 3.11 Å². The molecule has 0 saturated heterocycles. The quantitative estimate of drug-likeness (QED) is 0.532. The van der Waals surface area contributed by atoms with Crippen molar-refractivity contribution in [2.24, 2.45) is 5.92 Å². The molecule has 1 heterocycles. The lowest BCUT2D eigenvalue weighted by atomic mass is 9.81. The number of anilines is 1. The highest BCUT2D eigenvalue weighted by molar-refractivity contribution is 14.1. The van der Waals surface area contributed by atoms with Crippen LogP contribution in [0.1, 0.15) is 31.2 Å². The second-order valence-electron chi connectivity index (χ2n) is 5.04. The Kier molecular flexibility index (Phi) is 3.11. The average molecular weight is 341 g/mol. The summed E-state index contributed by atoms with van der Waals surface area (Å²) in [5, 5.41) is 0. The average Bonchev–Trinajstić information content (AvgIpc) is 2.48. The summed E-state index contributed by atoms with van der Waals surface area (Å²) in [6.07, 6.45) is 5.34. The van der Waals surface area contributed by atoms with Crippen LogP contribution in [-0.2, 0) is 11.2 Å². The molecule has 1 fully saturated rings. The Morgan fingerprint density at radius 1 is 1.18 bits per heavy atom. The van der Waals surface area contributed by atoms with Crippen molar-refractivity contribution in [2.45, 2.75) is 38.1 Å². The van der Waals surface area contributed by atoms with Crippen molar-refractivity contribution in [1.29, 1.82) is 0 Å². The number of para-hydroxylation sites is 1. The van der Waals surface area contributed by atoms with E-state index in [1.54, 1.807) is 0 Å². The number of ketones is 1. The molecule has 2 unspecified atom stereocenters. The number of nitrogens with zero attached hydrogens (tertiary/aromatic N) is 1. The van der Waals surface area contributed by atoms with Crippen molar-refractivity contribution in [3.8, 4) is 0 Å². The van der Waals surface area contributed by atoms with Crippen LogP contribution in [0.25, 0.3) is 0 Å². The maximum atomic E-state index is 12.3. The monoisotopic (exact) mass is 341 g/mol. The largest absolute Gasteiger partial charge is 0.311 e. The Hall–Kier alpha value is -0.580. The highest BCUT2D eigenvalue weighted by Gasteiger charge is 2.37. The van der Waals surface area contributed by atoms with Gasteiger partial charge in [0.25, 0.3) is 0 Å². The zero-order chi connectivity index (χ0) is 11.8. The first-order valence-electron chi connectivity index (χ1n) is 6.33. The zero-order valence-corrected chi connectivity index (χ0v) is 11.9. The SMILES string of the molecule is O=C1Cc2ccccc2N(I)C2CCCCC12. The van der Waals surface area contributed by atoms with Gasteiger partial charge in [-0.3, -0.25) is 4.79 Å². The molecule has 1 aromatic rings. The topological polar surface area (TPSA) is 20.3 Å². The van der Waals surface area contributed by atoms with Gasteiger partial charge in [-0.1, -0.05) is 31.0 Å². The summed E-state index contributed by atoms with van der Waals surface area (Å²) in [6, 6.07) is 8.76. The summed E-state index contributed by atoms with van der Waals surface area (Å²) in [6.45, 7) is 0. The summed E-state index contributed by atoms with van der Waals surface area (Å²) in [5.74, 6) is 0.703. The highest BCUT2D eigenvalue weighted by Crippen LogP contribution is 2.39. The molecule has 1 aliphatic heterocycles. The Bertz CT molecular complexity index is 446. The Balaban J connectivity index is 2.04. The summed E-state index contributed by atoms with van der Waals surface area (Å²) >= 11 is 2.40. The van der Waals surface area contributed by atoms with E-state index < -0.39 is 0 Å². The van der Waals surface area contributed by atoms with E-state index in [9.17, 15) is 4.79 Å². The second-order valence-corrected chi connectivity index (χ2v) is 6.08. The number of hydrogen-bond donors (Lipinski definition) is 0. The van der Waals surface area contributed by atoms with Gasteiger partial charge in [-0.2, -0.15) is 0 Å². The van der Waals surface area contributed by atoms with E-state index in [1.165, 1.54) is 24.1 Å². The van der Waals surface area contributed by atoms with Crippen molar-refractivity contribution in [3.63, 3.8) is 0 Å². The Morgan fingerprint density at radius 2 is 1.94 bits per heavy atom. The number of halogens is 1. The van der Waals surface area contributed by atoms with E-state index in [4.69, 9.17) is 0 Å². The molecule has 0 radical (unpaired) electrons. The van der Waals surface area contributed by atoms with Gasteiger partial charge in [0.05, 0.1) is 22.9 Å². The van der Waals surface area contributed by atoms with E-state index in [1.807, 2.05) is 6.07 Å². The minimum Gasteiger partial charge on any atom is -0.311 e. The normalized spacial score (nSPS) is 28.3. The van der Waals surface area contributed by atoms with E-state index in [2.05, 4.69) is 44.2 Å². The Labute approximate surface area is 116 Å². The fourth-order valence-electron chi connectivity index (χ4n) is 3.12. The minimum absolute atomic E-state index is 0.257. The third-order valence-electron chi connectivity index (χ3n) is 4.02. The molecule has 0 N–H and O–H groups in total. The van der Waals surface area contributed by atoms with Crippen molar-refractivity contribution < 1.29 is 4.79 Å². The van der Waals surface area contributed by atoms with Crippen LogP contribution >= 0.6 is 22.9 Å². The lowest BCUT2D eigenvalue weighted by Gasteiger charge is -2.35. The fourth-order valence-corrected chi connectivity index (χ4v) is 4.26. The van der Waals surface area contributed by atoms with E-state index in [0.717, 1.165) is 12.8 Å². The summed E-state index contributed by atoms with van der Waals surface area (Å²) in [7, 11) is 0. The molecule has 3 rings (SSSR count).